The number of allylic oxidation sites excluding steroid dienone is 1. The molecular formula is C23H27N7O. The zero-order valence-corrected chi connectivity index (χ0v) is 17.8. The van der Waals surface area contributed by atoms with Crippen molar-refractivity contribution < 1.29 is 4.74 Å². The third-order valence-electron chi connectivity index (χ3n) is 5.74. The lowest BCUT2D eigenvalue weighted by atomic mass is 10.0. The van der Waals surface area contributed by atoms with Crippen LogP contribution in [0.25, 0.3) is 11.1 Å². The molecule has 5 rings (SSSR count). The van der Waals surface area contributed by atoms with E-state index in [1.807, 2.05) is 61.7 Å². The van der Waals surface area contributed by atoms with Crippen LogP contribution in [0.4, 0.5) is 5.69 Å². The molecule has 0 bridgehead atoms. The Labute approximate surface area is 181 Å². The molecule has 160 valence electrons. The lowest BCUT2D eigenvalue weighted by Crippen LogP contribution is -2.43. The van der Waals surface area contributed by atoms with Gasteiger partial charge < -0.3 is 21.1 Å². The molecular weight excluding hydrogens is 390 g/mol. The molecule has 31 heavy (non-hydrogen) atoms. The topological polar surface area (TPSA) is 97.9 Å². The fraction of sp³-hybridized carbons (Fsp3) is 0.304. The molecule has 4 N–H and O–H groups in total. The molecule has 0 saturated heterocycles. The quantitative estimate of drug-likeness (QED) is 0.750. The third kappa shape index (κ3) is 3.54. The van der Waals surface area contributed by atoms with Crippen molar-refractivity contribution in [1.82, 2.24) is 14.7 Å². The molecule has 3 heterocycles. The summed E-state index contributed by atoms with van der Waals surface area (Å²) in [4.78, 5) is 8.43. The van der Waals surface area contributed by atoms with E-state index in [4.69, 9.17) is 16.2 Å². The molecule has 0 unspecified atom stereocenters. The number of guanidine groups is 1. The van der Waals surface area contributed by atoms with Gasteiger partial charge in [-0.05, 0) is 49.5 Å². The van der Waals surface area contributed by atoms with Crippen LogP contribution in [0.1, 0.15) is 19.8 Å². The SMILES string of the molecule is CCOc1cc(-c2cnn(C)c2)ccc1N1C(N)=NC=C2C=CN(CC3CC3)C(N)=C21. The maximum atomic E-state index is 6.66. The lowest BCUT2D eigenvalue weighted by molar-refractivity contribution is 0.341. The number of aromatic nitrogens is 2. The Kier molecular flexibility index (Phi) is 4.69. The van der Waals surface area contributed by atoms with E-state index < -0.39 is 0 Å². The Morgan fingerprint density at radius 3 is 2.74 bits per heavy atom. The first kappa shape index (κ1) is 19.3. The van der Waals surface area contributed by atoms with E-state index in [0.717, 1.165) is 34.6 Å². The van der Waals surface area contributed by atoms with Crippen molar-refractivity contribution in [2.75, 3.05) is 18.1 Å². The minimum atomic E-state index is 0.360. The Balaban J connectivity index is 1.58. The van der Waals surface area contributed by atoms with Crippen LogP contribution in [-0.2, 0) is 7.05 Å². The van der Waals surface area contributed by atoms with Gasteiger partial charge in [0.15, 0.2) is 0 Å². The Morgan fingerprint density at radius 1 is 1.19 bits per heavy atom. The van der Waals surface area contributed by atoms with Gasteiger partial charge in [-0.3, -0.25) is 9.58 Å². The molecule has 0 amide bonds. The highest BCUT2D eigenvalue weighted by Crippen LogP contribution is 2.40. The highest BCUT2D eigenvalue weighted by Gasteiger charge is 2.32. The minimum absolute atomic E-state index is 0.360. The summed E-state index contributed by atoms with van der Waals surface area (Å²) in [6.45, 7) is 3.41. The molecule has 2 aromatic rings. The van der Waals surface area contributed by atoms with Crippen LogP contribution in [0.15, 0.2) is 71.2 Å². The number of hydrogen-bond donors (Lipinski definition) is 2. The summed E-state index contributed by atoms with van der Waals surface area (Å²) in [5.41, 5.74) is 17.7. The zero-order valence-electron chi connectivity index (χ0n) is 17.8. The van der Waals surface area contributed by atoms with Crippen LogP contribution < -0.4 is 21.1 Å². The first-order chi connectivity index (χ1) is 15.0. The number of benzene rings is 1. The van der Waals surface area contributed by atoms with E-state index >= 15 is 0 Å². The molecule has 1 aromatic heterocycles. The average Bonchev–Trinajstić information content (AvgIpc) is 3.48. The van der Waals surface area contributed by atoms with Crippen molar-refractivity contribution >= 4 is 11.6 Å². The molecule has 8 heteroatoms. The van der Waals surface area contributed by atoms with Gasteiger partial charge in [0.25, 0.3) is 0 Å². The van der Waals surface area contributed by atoms with Gasteiger partial charge in [-0.1, -0.05) is 6.07 Å². The predicted molar refractivity (Wildman–Crippen MR) is 122 cm³/mol. The van der Waals surface area contributed by atoms with Crippen LogP contribution in [0, 0.1) is 5.92 Å². The summed E-state index contributed by atoms with van der Waals surface area (Å²) < 4.78 is 7.81. The standard InChI is InChI=1S/C23H27N7O/c1-3-31-20-10-16(18-12-27-28(2)14-18)6-7-19(20)30-21-17(11-26-23(30)25)8-9-29(22(21)24)13-15-4-5-15/h6-12,14-15H,3-5,13,24H2,1-2H3,(H2,25,26). The van der Waals surface area contributed by atoms with Crippen molar-refractivity contribution in [1.29, 1.82) is 0 Å². The van der Waals surface area contributed by atoms with Gasteiger partial charge in [0.2, 0.25) is 5.96 Å². The van der Waals surface area contributed by atoms with Crippen molar-refractivity contribution in [3.05, 3.63) is 66.2 Å². The van der Waals surface area contributed by atoms with Crippen LogP contribution in [0.5, 0.6) is 5.75 Å². The van der Waals surface area contributed by atoms with E-state index in [9.17, 15) is 0 Å². The molecule has 8 nitrogen and oxygen atoms in total. The second-order valence-corrected chi connectivity index (χ2v) is 8.07. The van der Waals surface area contributed by atoms with Crippen molar-refractivity contribution in [3.63, 3.8) is 0 Å². The highest BCUT2D eigenvalue weighted by atomic mass is 16.5. The molecule has 3 aliphatic rings. The molecule has 2 aliphatic heterocycles. The predicted octanol–water partition coefficient (Wildman–Crippen LogP) is 2.87. The van der Waals surface area contributed by atoms with Gasteiger partial charge in [0, 0.05) is 43.3 Å². The van der Waals surface area contributed by atoms with Gasteiger partial charge in [0.1, 0.15) is 11.6 Å². The van der Waals surface area contributed by atoms with Gasteiger partial charge >= 0.3 is 0 Å². The molecule has 0 radical (unpaired) electrons. The van der Waals surface area contributed by atoms with Crippen LogP contribution in [0.3, 0.4) is 0 Å². The van der Waals surface area contributed by atoms with E-state index in [2.05, 4.69) is 15.0 Å². The normalized spacial score (nSPS) is 18.1. The number of nitrogens with zero attached hydrogens (tertiary/aromatic N) is 5. The Bertz CT molecular complexity index is 1140. The third-order valence-corrected chi connectivity index (χ3v) is 5.74. The summed E-state index contributed by atoms with van der Waals surface area (Å²) in [5.74, 6) is 2.46. The lowest BCUT2D eigenvalue weighted by Gasteiger charge is -2.36. The number of hydrogen-bond acceptors (Lipinski definition) is 7. The van der Waals surface area contributed by atoms with Gasteiger partial charge in [-0.2, -0.15) is 5.10 Å². The maximum absolute atomic E-state index is 6.66. The fourth-order valence-electron chi connectivity index (χ4n) is 3.97. The van der Waals surface area contributed by atoms with Gasteiger partial charge in [-0.15, -0.1) is 0 Å². The maximum Gasteiger partial charge on any atom is 0.205 e. The second-order valence-electron chi connectivity index (χ2n) is 8.07. The summed E-state index contributed by atoms with van der Waals surface area (Å²) in [6, 6.07) is 6.05. The summed E-state index contributed by atoms with van der Waals surface area (Å²) >= 11 is 0. The van der Waals surface area contributed by atoms with Crippen molar-refractivity contribution in [3.8, 4) is 16.9 Å². The van der Waals surface area contributed by atoms with Crippen LogP contribution >= 0.6 is 0 Å². The van der Waals surface area contributed by atoms with E-state index in [1.165, 1.54) is 12.8 Å². The van der Waals surface area contributed by atoms with Crippen molar-refractivity contribution in [2.24, 2.45) is 29.4 Å². The van der Waals surface area contributed by atoms with E-state index in [1.54, 1.807) is 10.9 Å². The summed E-state index contributed by atoms with van der Waals surface area (Å²) in [7, 11) is 1.90. The van der Waals surface area contributed by atoms with Crippen molar-refractivity contribution in [2.45, 2.75) is 19.8 Å². The summed E-state index contributed by atoms with van der Waals surface area (Å²) in [6.07, 6.45) is 12.2. The highest BCUT2D eigenvalue weighted by molar-refractivity contribution is 6.02. The monoisotopic (exact) mass is 417 g/mol. The number of fused-ring (bicyclic) bond motifs is 1. The molecule has 1 aromatic carbocycles. The average molecular weight is 418 g/mol. The first-order valence-corrected chi connectivity index (χ1v) is 10.6. The van der Waals surface area contributed by atoms with Gasteiger partial charge in [0.05, 0.1) is 24.2 Å². The molecule has 0 atom stereocenters. The smallest absolute Gasteiger partial charge is 0.205 e. The minimum Gasteiger partial charge on any atom is -0.492 e. The Hall–Kier alpha value is -3.68. The number of aryl methyl sites for hydroxylation is 1. The van der Waals surface area contributed by atoms with Crippen LogP contribution in [0.2, 0.25) is 0 Å². The zero-order chi connectivity index (χ0) is 21.5. The van der Waals surface area contributed by atoms with Gasteiger partial charge in [-0.25, -0.2) is 4.99 Å². The largest absolute Gasteiger partial charge is 0.492 e. The number of rotatable bonds is 6. The van der Waals surface area contributed by atoms with E-state index in [0.29, 0.717) is 30.1 Å². The number of ether oxygens (including phenoxy) is 1. The molecule has 1 fully saturated rings. The Morgan fingerprint density at radius 2 is 2.03 bits per heavy atom. The molecule has 0 spiro atoms. The number of aliphatic imine (C=N–C) groups is 1. The molecule has 1 aliphatic carbocycles. The first-order valence-electron chi connectivity index (χ1n) is 10.6. The second kappa shape index (κ2) is 7.54. The van der Waals surface area contributed by atoms with Crippen LogP contribution in [-0.4, -0.2) is 33.8 Å². The van der Waals surface area contributed by atoms with E-state index in [-0.39, 0.29) is 0 Å². The fourth-order valence-corrected chi connectivity index (χ4v) is 3.97. The number of nitrogens with two attached hydrogens (primary N) is 2. The molecule has 1 saturated carbocycles. The number of anilines is 1. The summed E-state index contributed by atoms with van der Waals surface area (Å²) in [5, 5.41) is 4.28.